The second kappa shape index (κ2) is 9.59. The normalized spacial score (nSPS) is 13.7. The number of nitrogens with one attached hydrogen (secondary N) is 1. The molecule has 0 spiro atoms. The molecule has 7 heteroatoms. The van der Waals surface area contributed by atoms with Crippen LogP contribution >= 0.6 is 11.6 Å². The molecule has 6 nitrogen and oxygen atoms in total. The molecular formula is C23H23ClN4O2. The summed E-state index contributed by atoms with van der Waals surface area (Å²) in [5.41, 5.74) is 2.43. The molecule has 3 aromatic rings. The van der Waals surface area contributed by atoms with Crippen molar-refractivity contribution in [3.63, 3.8) is 0 Å². The van der Waals surface area contributed by atoms with Gasteiger partial charge in [-0.1, -0.05) is 35.9 Å². The number of halogens is 1. The number of piperidine rings is 1. The molecular weight excluding hydrogens is 400 g/mol. The highest BCUT2D eigenvalue weighted by atomic mass is 35.5. The van der Waals surface area contributed by atoms with Crippen molar-refractivity contribution in [1.82, 2.24) is 10.2 Å². The molecule has 0 saturated carbocycles. The molecule has 0 atom stereocenters. The van der Waals surface area contributed by atoms with E-state index in [0.29, 0.717) is 16.5 Å². The molecule has 0 aliphatic carbocycles. The topological polar surface area (TPSA) is 67.3 Å². The molecule has 1 N–H and O–H groups in total. The average molecular weight is 423 g/mol. The van der Waals surface area contributed by atoms with Crippen LogP contribution in [0.3, 0.4) is 0 Å². The fourth-order valence-electron chi connectivity index (χ4n) is 3.40. The van der Waals surface area contributed by atoms with Crippen LogP contribution in [0, 0.1) is 0 Å². The number of benzene rings is 2. The fraction of sp³-hybridized carbons (Fsp3) is 0.261. The molecule has 154 valence electrons. The van der Waals surface area contributed by atoms with E-state index in [9.17, 15) is 4.79 Å². The van der Waals surface area contributed by atoms with E-state index in [1.165, 1.54) is 19.3 Å². The van der Waals surface area contributed by atoms with E-state index in [2.05, 4.69) is 20.4 Å². The van der Waals surface area contributed by atoms with Gasteiger partial charge in [0.15, 0.2) is 12.4 Å². The summed E-state index contributed by atoms with van der Waals surface area (Å²) >= 11 is 6.03. The number of carbonyl (C=O) groups is 1. The van der Waals surface area contributed by atoms with Gasteiger partial charge in [0.1, 0.15) is 5.75 Å². The smallest absolute Gasteiger partial charge is 0.262 e. The van der Waals surface area contributed by atoms with Crippen LogP contribution in [0.5, 0.6) is 5.75 Å². The first-order chi connectivity index (χ1) is 14.7. The Labute approximate surface area is 180 Å². The SMILES string of the molecule is O=C(COc1ccccc1Cl)Nc1ccc(-c2ccc(N3CCCCC3)nn2)cc1. The minimum Gasteiger partial charge on any atom is -0.482 e. The average Bonchev–Trinajstić information content (AvgIpc) is 2.80. The minimum absolute atomic E-state index is 0.116. The van der Waals surface area contributed by atoms with Gasteiger partial charge in [-0.25, -0.2) is 0 Å². The van der Waals surface area contributed by atoms with Gasteiger partial charge in [0.05, 0.1) is 10.7 Å². The number of ether oxygens (including phenoxy) is 1. The lowest BCUT2D eigenvalue weighted by Crippen LogP contribution is -2.30. The summed E-state index contributed by atoms with van der Waals surface area (Å²) in [5.74, 6) is 1.16. The molecule has 1 aliphatic rings. The van der Waals surface area contributed by atoms with E-state index >= 15 is 0 Å². The largest absolute Gasteiger partial charge is 0.482 e. The number of anilines is 2. The van der Waals surface area contributed by atoms with Crippen molar-refractivity contribution in [3.05, 3.63) is 65.7 Å². The Morgan fingerprint density at radius 1 is 0.967 bits per heavy atom. The Balaban J connectivity index is 1.33. The van der Waals surface area contributed by atoms with E-state index in [1.807, 2.05) is 42.5 Å². The monoisotopic (exact) mass is 422 g/mol. The number of carbonyl (C=O) groups excluding carboxylic acids is 1. The van der Waals surface area contributed by atoms with Gasteiger partial charge in [-0.2, -0.15) is 0 Å². The number of amides is 1. The predicted molar refractivity (Wildman–Crippen MR) is 119 cm³/mol. The Hall–Kier alpha value is -3.12. The van der Waals surface area contributed by atoms with Gasteiger partial charge in [-0.05, 0) is 55.7 Å². The van der Waals surface area contributed by atoms with Gasteiger partial charge in [-0.3, -0.25) is 4.79 Å². The lowest BCUT2D eigenvalue weighted by Gasteiger charge is -2.27. The number of nitrogens with zero attached hydrogens (tertiary/aromatic N) is 3. The molecule has 1 aromatic heterocycles. The van der Waals surface area contributed by atoms with Gasteiger partial charge in [0.2, 0.25) is 0 Å². The zero-order chi connectivity index (χ0) is 20.8. The van der Waals surface area contributed by atoms with E-state index in [1.54, 1.807) is 18.2 Å². The van der Waals surface area contributed by atoms with Crippen LogP contribution in [0.25, 0.3) is 11.3 Å². The summed E-state index contributed by atoms with van der Waals surface area (Å²) in [5, 5.41) is 12.0. The van der Waals surface area contributed by atoms with Gasteiger partial charge < -0.3 is 15.0 Å². The summed E-state index contributed by atoms with van der Waals surface area (Å²) in [6.07, 6.45) is 3.71. The first kappa shape index (κ1) is 20.2. The molecule has 2 aromatic carbocycles. The number of hydrogen-bond acceptors (Lipinski definition) is 5. The third-order valence-corrected chi connectivity index (χ3v) is 5.30. The van der Waals surface area contributed by atoms with Crippen molar-refractivity contribution in [2.45, 2.75) is 19.3 Å². The zero-order valence-electron chi connectivity index (χ0n) is 16.6. The van der Waals surface area contributed by atoms with Crippen LogP contribution < -0.4 is 15.0 Å². The number of aromatic nitrogens is 2. The Morgan fingerprint density at radius 3 is 2.43 bits per heavy atom. The molecule has 1 aliphatic heterocycles. The van der Waals surface area contributed by atoms with Crippen molar-refractivity contribution >= 4 is 29.0 Å². The molecule has 0 unspecified atom stereocenters. The maximum Gasteiger partial charge on any atom is 0.262 e. The summed E-state index contributed by atoms with van der Waals surface area (Å²) in [7, 11) is 0. The fourth-order valence-corrected chi connectivity index (χ4v) is 3.59. The van der Waals surface area contributed by atoms with Crippen molar-refractivity contribution in [1.29, 1.82) is 0 Å². The van der Waals surface area contributed by atoms with Crippen molar-refractivity contribution < 1.29 is 9.53 Å². The maximum absolute atomic E-state index is 12.1. The summed E-state index contributed by atoms with van der Waals surface area (Å²) in [4.78, 5) is 14.4. The maximum atomic E-state index is 12.1. The molecule has 4 rings (SSSR count). The lowest BCUT2D eigenvalue weighted by atomic mass is 10.1. The van der Waals surface area contributed by atoms with Crippen LogP contribution in [0.2, 0.25) is 5.02 Å². The van der Waals surface area contributed by atoms with Crippen molar-refractivity contribution in [2.75, 3.05) is 29.9 Å². The van der Waals surface area contributed by atoms with Crippen molar-refractivity contribution in [3.8, 4) is 17.0 Å². The second-order valence-electron chi connectivity index (χ2n) is 7.17. The number of hydrogen-bond donors (Lipinski definition) is 1. The highest BCUT2D eigenvalue weighted by molar-refractivity contribution is 6.32. The lowest BCUT2D eigenvalue weighted by molar-refractivity contribution is -0.118. The first-order valence-electron chi connectivity index (χ1n) is 10.1. The van der Waals surface area contributed by atoms with E-state index < -0.39 is 0 Å². The number of rotatable bonds is 6. The standard InChI is InChI=1S/C23H23ClN4O2/c24-19-6-2-3-7-21(19)30-16-23(29)25-18-10-8-17(9-11-18)20-12-13-22(27-26-20)28-14-4-1-5-15-28/h2-3,6-13H,1,4-5,14-16H2,(H,25,29). The molecule has 1 saturated heterocycles. The van der Waals surface area contributed by atoms with Gasteiger partial charge in [-0.15, -0.1) is 10.2 Å². The number of para-hydroxylation sites is 1. The van der Waals surface area contributed by atoms with Gasteiger partial charge >= 0.3 is 0 Å². The third kappa shape index (κ3) is 5.07. The Bertz CT molecular complexity index is 987. The summed E-state index contributed by atoms with van der Waals surface area (Å²) < 4.78 is 5.46. The molecule has 2 heterocycles. The van der Waals surface area contributed by atoms with E-state index in [4.69, 9.17) is 16.3 Å². The van der Waals surface area contributed by atoms with Crippen LogP contribution in [0.1, 0.15) is 19.3 Å². The highest BCUT2D eigenvalue weighted by Gasteiger charge is 2.13. The third-order valence-electron chi connectivity index (χ3n) is 4.99. The Morgan fingerprint density at radius 2 is 1.73 bits per heavy atom. The summed E-state index contributed by atoms with van der Waals surface area (Å²) in [6.45, 7) is 1.97. The quantitative estimate of drug-likeness (QED) is 0.617. The van der Waals surface area contributed by atoms with E-state index in [-0.39, 0.29) is 12.5 Å². The summed E-state index contributed by atoms with van der Waals surface area (Å²) in [6, 6.07) is 18.6. The van der Waals surface area contributed by atoms with E-state index in [0.717, 1.165) is 30.2 Å². The molecule has 1 amide bonds. The van der Waals surface area contributed by atoms with Crippen LogP contribution in [-0.4, -0.2) is 35.8 Å². The zero-order valence-corrected chi connectivity index (χ0v) is 17.3. The minimum atomic E-state index is -0.256. The van der Waals surface area contributed by atoms with Crippen LogP contribution in [-0.2, 0) is 4.79 Å². The molecule has 0 bridgehead atoms. The van der Waals surface area contributed by atoms with Gasteiger partial charge in [0, 0.05) is 24.3 Å². The van der Waals surface area contributed by atoms with Crippen LogP contribution in [0.15, 0.2) is 60.7 Å². The predicted octanol–water partition coefficient (Wildman–Crippen LogP) is 4.80. The first-order valence-corrected chi connectivity index (χ1v) is 10.4. The molecule has 30 heavy (non-hydrogen) atoms. The van der Waals surface area contributed by atoms with Gasteiger partial charge in [0.25, 0.3) is 5.91 Å². The molecule has 1 fully saturated rings. The van der Waals surface area contributed by atoms with Crippen molar-refractivity contribution in [2.24, 2.45) is 0 Å². The highest BCUT2D eigenvalue weighted by Crippen LogP contribution is 2.24. The second-order valence-corrected chi connectivity index (χ2v) is 7.58. The van der Waals surface area contributed by atoms with Crippen LogP contribution in [0.4, 0.5) is 11.5 Å². The molecule has 0 radical (unpaired) electrons. The Kier molecular flexibility index (Phi) is 6.44.